The molecule has 0 aromatic carbocycles. The van der Waals surface area contributed by atoms with E-state index in [-0.39, 0.29) is 48.4 Å². The average Bonchev–Trinajstić information content (AvgIpc) is 3.74. The first-order valence-corrected chi connectivity index (χ1v) is 14.7. The molecule has 5 aliphatic rings. The molecule has 6 rings (SSSR count). The molecular formula is C31H36N6O6. The van der Waals surface area contributed by atoms with Crippen LogP contribution in [-0.2, 0) is 19.1 Å². The fraction of sp³-hybridized carbons (Fsp3) is 0.613. The van der Waals surface area contributed by atoms with Gasteiger partial charge in [0.2, 0.25) is 17.4 Å². The third kappa shape index (κ3) is 4.46. The molecule has 226 valence electrons. The van der Waals surface area contributed by atoms with E-state index in [1.807, 2.05) is 20.8 Å². The molecule has 12 nitrogen and oxygen atoms in total. The molecule has 43 heavy (non-hydrogen) atoms. The predicted molar refractivity (Wildman–Crippen MR) is 152 cm³/mol. The van der Waals surface area contributed by atoms with Crippen molar-refractivity contribution >= 4 is 29.6 Å². The van der Waals surface area contributed by atoms with E-state index in [0.29, 0.717) is 12.3 Å². The van der Waals surface area contributed by atoms with E-state index in [1.165, 1.54) is 18.2 Å². The standard InChI is InChI=1S/C31H36N6O6/c1-6-16-10-17-11-19(16)22-20(17)14-36(27(39)24(30(2,3)4)34-29(41)42-5)23(22)26(38)37-15-31(12-18(37)13-32)28(40)35-25-21(43-31)8-7-9-33-25/h1,7-9,16-20,22-24H,10-12,14-15H2,2-5H3,(H,34,41)(H,33,35,40)/t16-,17-,18+,19-,20-,22+,23+,24-,31-/m1/s1. The van der Waals surface area contributed by atoms with Crippen LogP contribution in [0.3, 0.4) is 0 Å². The van der Waals surface area contributed by atoms with Gasteiger partial charge in [-0.15, -0.1) is 12.3 Å². The zero-order valence-electron chi connectivity index (χ0n) is 24.7. The van der Waals surface area contributed by atoms with Gasteiger partial charge in [0.1, 0.15) is 18.1 Å². The number of methoxy groups -OCH3 is 1. The number of nitrogens with zero attached hydrogens (tertiary/aromatic N) is 4. The number of nitriles is 1. The highest BCUT2D eigenvalue weighted by Gasteiger charge is 2.65. The van der Waals surface area contributed by atoms with Crippen molar-refractivity contribution in [2.24, 2.45) is 35.0 Å². The quantitative estimate of drug-likeness (QED) is 0.507. The highest BCUT2D eigenvalue weighted by Crippen LogP contribution is 2.60. The first-order valence-electron chi connectivity index (χ1n) is 14.7. The van der Waals surface area contributed by atoms with Crippen molar-refractivity contribution in [3.05, 3.63) is 18.3 Å². The van der Waals surface area contributed by atoms with Gasteiger partial charge in [0.05, 0.1) is 19.7 Å². The number of hydrogen-bond acceptors (Lipinski definition) is 8. The van der Waals surface area contributed by atoms with Crippen LogP contribution in [0.5, 0.6) is 5.75 Å². The number of carbonyl (C=O) groups is 4. The average molecular weight is 589 g/mol. The lowest BCUT2D eigenvalue weighted by atomic mass is 9.73. The van der Waals surface area contributed by atoms with Gasteiger partial charge in [0.25, 0.3) is 5.91 Å². The Morgan fingerprint density at radius 1 is 1.28 bits per heavy atom. The van der Waals surface area contributed by atoms with Gasteiger partial charge in [0, 0.05) is 25.1 Å². The number of fused-ring (bicyclic) bond motifs is 6. The van der Waals surface area contributed by atoms with Crippen molar-refractivity contribution in [1.82, 2.24) is 20.1 Å². The summed E-state index contributed by atoms with van der Waals surface area (Å²) in [4.78, 5) is 61.7. The van der Waals surface area contributed by atoms with Crippen LogP contribution in [0, 0.1) is 58.7 Å². The maximum atomic E-state index is 14.7. The monoisotopic (exact) mass is 588 g/mol. The topological polar surface area (TPSA) is 154 Å². The number of aromatic nitrogens is 1. The normalized spacial score (nSPS) is 34.4. The van der Waals surface area contributed by atoms with Crippen molar-refractivity contribution in [3.63, 3.8) is 0 Å². The summed E-state index contributed by atoms with van der Waals surface area (Å²) in [5.41, 5.74) is -2.17. The molecule has 0 radical (unpaired) electrons. The molecule has 2 saturated heterocycles. The first-order chi connectivity index (χ1) is 20.4. The Bertz CT molecular complexity index is 1460. The SMILES string of the molecule is C#C[C@@H]1C[C@@H]2C[C@H]1[C@H]1[C@@H]2CN(C(=O)[C@@H](NC(=O)OC)C(C)(C)C)[C@@H]1C(=O)N1C[C@@]2(C[C@H]1C#N)Oc1cccnc1NC2=O. The molecule has 2 aliphatic carbocycles. The van der Waals surface area contributed by atoms with Gasteiger partial charge in [0.15, 0.2) is 11.6 Å². The Balaban J connectivity index is 1.36. The minimum atomic E-state index is -1.48. The number of amides is 4. The molecule has 2 bridgehead atoms. The summed E-state index contributed by atoms with van der Waals surface area (Å²) in [5.74, 6) is 2.46. The lowest BCUT2D eigenvalue weighted by Gasteiger charge is -2.39. The Hall–Kier alpha value is -4.32. The number of ether oxygens (including phenoxy) is 2. The van der Waals surface area contributed by atoms with Crippen LogP contribution in [0.1, 0.15) is 40.0 Å². The number of alkyl carbamates (subject to hydrolysis) is 1. The number of hydrogen-bond donors (Lipinski definition) is 2. The van der Waals surface area contributed by atoms with Crippen molar-refractivity contribution in [1.29, 1.82) is 5.26 Å². The lowest BCUT2D eigenvalue weighted by Crippen LogP contribution is -2.60. The fourth-order valence-electron chi connectivity index (χ4n) is 8.19. The van der Waals surface area contributed by atoms with Crippen LogP contribution >= 0.6 is 0 Å². The zero-order chi connectivity index (χ0) is 30.8. The first kappa shape index (κ1) is 28.8. The maximum absolute atomic E-state index is 14.7. The summed E-state index contributed by atoms with van der Waals surface area (Å²) in [6, 6.07) is 2.71. The second-order valence-electron chi connectivity index (χ2n) is 13.5. The Kier molecular flexibility index (Phi) is 6.79. The summed E-state index contributed by atoms with van der Waals surface area (Å²) in [6.07, 6.45) is 8.41. The van der Waals surface area contributed by atoms with Gasteiger partial charge in [-0.05, 0) is 54.1 Å². The molecule has 2 N–H and O–H groups in total. The van der Waals surface area contributed by atoms with Gasteiger partial charge < -0.3 is 29.9 Å². The molecule has 12 heteroatoms. The molecule has 9 atom stereocenters. The van der Waals surface area contributed by atoms with Crippen molar-refractivity contribution in [2.45, 2.75) is 63.8 Å². The number of nitrogens with one attached hydrogen (secondary N) is 2. The van der Waals surface area contributed by atoms with Crippen LogP contribution in [0.15, 0.2) is 18.3 Å². The summed E-state index contributed by atoms with van der Waals surface area (Å²) >= 11 is 0. The van der Waals surface area contributed by atoms with E-state index < -0.39 is 53.0 Å². The van der Waals surface area contributed by atoms with E-state index in [4.69, 9.17) is 15.9 Å². The highest BCUT2D eigenvalue weighted by molar-refractivity contribution is 6.01. The molecule has 4 amide bonds. The van der Waals surface area contributed by atoms with E-state index in [1.54, 1.807) is 17.0 Å². The third-order valence-electron chi connectivity index (χ3n) is 10.1. The van der Waals surface area contributed by atoms with E-state index in [0.717, 1.165) is 12.8 Å². The Labute approximate surface area is 250 Å². The predicted octanol–water partition coefficient (Wildman–Crippen LogP) is 1.78. The summed E-state index contributed by atoms with van der Waals surface area (Å²) < 4.78 is 11.0. The van der Waals surface area contributed by atoms with E-state index in [2.05, 4.69) is 27.6 Å². The van der Waals surface area contributed by atoms with Crippen LogP contribution in [-0.4, -0.2) is 82.5 Å². The minimum absolute atomic E-state index is 0.00338. The lowest BCUT2D eigenvalue weighted by molar-refractivity contribution is -0.148. The molecule has 1 spiro atoms. The number of anilines is 1. The smallest absolute Gasteiger partial charge is 0.407 e. The molecule has 3 aliphatic heterocycles. The molecule has 4 heterocycles. The van der Waals surface area contributed by atoms with Gasteiger partial charge >= 0.3 is 6.09 Å². The van der Waals surface area contributed by atoms with Gasteiger partial charge in [-0.1, -0.05) is 20.8 Å². The number of terminal acetylenes is 1. The summed E-state index contributed by atoms with van der Waals surface area (Å²) in [7, 11) is 1.23. The Morgan fingerprint density at radius 2 is 2.05 bits per heavy atom. The number of carbonyl (C=O) groups excluding carboxylic acids is 4. The number of pyridine rings is 1. The molecule has 1 aromatic heterocycles. The summed E-state index contributed by atoms with van der Waals surface area (Å²) in [6.45, 7) is 5.69. The molecule has 4 fully saturated rings. The number of rotatable bonds is 3. The largest absolute Gasteiger partial charge is 0.472 e. The van der Waals surface area contributed by atoms with E-state index in [9.17, 15) is 24.4 Å². The van der Waals surface area contributed by atoms with Gasteiger partial charge in [-0.3, -0.25) is 14.4 Å². The zero-order valence-corrected chi connectivity index (χ0v) is 24.7. The highest BCUT2D eigenvalue weighted by atomic mass is 16.5. The molecule has 1 aromatic rings. The maximum Gasteiger partial charge on any atom is 0.407 e. The molecule has 0 unspecified atom stereocenters. The van der Waals surface area contributed by atoms with Crippen LogP contribution in [0.2, 0.25) is 0 Å². The Morgan fingerprint density at radius 3 is 2.72 bits per heavy atom. The van der Waals surface area contributed by atoms with Gasteiger partial charge in [-0.25, -0.2) is 9.78 Å². The molecule has 2 saturated carbocycles. The summed E-state index contributed by atoms with van der Waals surface area (Å²) in [5, 5.41) is 15.6. The van der Waals surface area contributed by atoms with Crippen molar-refractivity contribution in [3.8, 4) is 24.2 Å². The second-order valence-corrected chi connectivity index (χ2v) is 13.5. The third-order valence-corrected chi connectivity index (χ3v) is 10.1. The fourth-order valence-corrected chi connectivity index (χ4v) is 8.19. The number of likely N-dealkylation sites (tertiary alicyclic amines) is 2. The van der Waals surface area contributed by atoms with Crippen molar-refractivity contribution in [2.75, 3.05) is 25.5 Å². The van der Waals surface area contributed by atoms with Crippen LogP contribution in [0.4, 0.5) is 10.6 Å². The van der Waals surface area contributed by atoms with Crippen molar-refractivity contribution < 1.29 is 28.7 Å². The second kappa shape index (κ2) is 10.1. The van der Waals surface area contributed by atoms with Crippen LogP contribution < -0.4 is 15.4 Å². The van der Waals surface area contributed by atoms with E-state index >= 15 is 0 Å². The minimum Gasteiger partial charge on any atom is -0.472 e. The molecular weight excluding hydrogens is 552 g/mol. The van der Waals surface area contributed by atoms with Gasteiger partial charge in [-0.2, -0.15) is 5.26 Å². The van der Waals surface area contributed by atoms with Crippen LogP contribution in [0.25, 0.3) is 0 Å².